The summed E-state index contributed by atoms with van der Waals surface area (Å²) >= 11 is 0. The van der Waals surface area contributed by atoms with Gasteiger partial charge in [0.1, 0.15) is 0 Å². The third-order valence-corrected chi connectivity index (χ3v) is 4.18. The van der Waals surface area contributed by atoms with Crippen LogP contribution in [-0.2, 0) is 11.3 Å². The van der Waals surface area contributed by atoms with E-state index in [0.29, 0.717) is 31.9 Å². The van der Waals surface area contributed by atoms with Gasteiger partial charge in [-0.1, -0.05) is 12.1 Å². The molecule has 1 aliphatic rings. The molecule has 9 heteroatoms. The maximum Gasteiger partial charge on any atom is 0.389 e. The Balaban J connectivity index is 0.00000364. The van der Waals surface area contributed by atoms with Crippen molar-refractivity contribution in [1.82, 2.24) is 10.6 Å². The standard InChI is InChI=1S/C18H25F3N4O.HI/c1-22-17(23-11-3-2-10-18(19,20)21)24-13-14-6-8-15(9-7-14)25-12-4-5-16(25)26;/h6-9H,2-5,10-13H2,1H3,(H2,22,23,24);1H. The van der Waals surface area contributed by atoms with Crippen molar-refractivity contribution >= 4 is 41.5 Å². The van der Waals surface area contributed by atoms with E-state index in [-0.39, 0.29) is 36.3 Å². The number of carbonyl (C=O) groups excluding carboxylic acids is 1. The maximum atomic E-state index is 12.1. The molecule has 0 aromatic heterocycles. The third-order valence-electron chi connectivity index (χ3n) is 4.18. The molecule has 1 saturated heterocycles. The molecule has 1 amide bonds. The maximum absolute atomic E-state index is 12.1. The lowest BCUT2D eigenvalue weighted by atomic mass is 10.2. The second-order valence-electron chi connectivity index (χ2n) is 6.24. The molecule has 1 aliphatic heterocycles. The predicted molar refractivity (Wildman–Crippen MR) is 112 cm³/mol. The molecule has 152 valence electrons. The highest BCUT2D eigenvalue weighted by molar-refractivity contribution is 14.0. The molecule has 1 heterocycles. The number of aliphatic imine (C=N–C) groups is 1. The van der Waals surface area contributed by atoms with E-state index in [2.05, 4.69) is 15.6 Å². The van der Waals surface area contributed by atoms with Crippen LogP contribution in [0.4, 0.5) is 18.9 Å². The molecule has 0 atom stereocenters. The molecule has 1 fully saturated rings. The van der Waals surface area contributed by atoms with Crippen molar-refractivity contribution in [2.75, 3.05) is 25.0 Å². The Morgan fingerprint density at radius 3 is 2.44 bits per heavy atom. The van der Waals surface area contributed by atoms with Gasteiger partial charge in [0.05, 0.1) is 0 Å². The first-order valence-corrected chi connectivity index (χ1v) is 8.79. The van der Waals surface area contributed by atoms with Crippen molar-refractivity contribution in [3.05, 3.63) is 29.8 Å². The van der Waals surface area contributed by atoms with Crippen LogP contribution in [-0.4, -0.2) is 38.2 Å². The summed E-state index contributed by atoms with van der Waals surface area (Å²) in [5.41, 5.74) is 1.93. The van der Waals surface area contributed by atoms with Gasteiger partial charge in [0, 0.05) is 45.2 Å². The highest BCUT2D eigenvalue weighted by Crippen LogP contribution is 2.22. The highest BCUT2D eigenvalue weighted by atomic mass is 127. The third kappa shape index (κ3) is 8.35. The Labute approximate surface area is 174 Å². The van der Waals surface area contributed by atoms with Crippen LogP contribution >= 0.6 is 24.0 Å². The fourth-order valence-corrected chi connectivity index (χ4v) is 2.78. The summed E-state index contributed by atoms with van der Waals surface area (Å²) in [4.78, 5) is 17.6. The lowest BCUT2D eigenvalue weighted by molar-refractivity contribution is -0.135. The van der Waals surface area contributed by atoms with E-state index < -0.39 is 12.6 Å². The molecule has 2 rings (SSSR count). The SMILES string of the molecule is CN=C(NCCCCC(F)(F)F)NCc1ccc(N2CCCC2=O)cc1.I. The number of nitrogens with zero attached hydrogens (tertiary/aromatic N) is 2. The minimum atomic E-state index is -4.09. The van der Waals surface area contributed by atoms with Crippen molar-refractivity contribution in [1.29, 1.82) is 0 Å². The van der Waals surface area contributed by atoms with E-state index in [1.165, 1.54) is 0 Å². The Morgan fingerprint density at radius 2 is 1.89 bits per heavy atom. The summed E-state index contributed by atoms with van der Waals surface area (Å²) in [6.07, 6.45) is -2.82. The average molecular weight is 498 g/mol. The zero-order chi connectivity index (χ0) is 19.0. The minimum Gasteiger partial charge on any atom is -0.356 e. The number of halogens is 4. The Hall–Kier alpha value is -1.52. The number of nitrogens with one attached hydrogen (secondary N) is 2. The number of amides is 1. The monoisotopic (exact) mass is 498 g/mol. The Kier molecular flexibility index (Phi) is 9.89. The molecule has 27 heavy (non-hydrogen) atoms. The van der Waals surface area contributed by atoms with Crippen LogP contribution in [0.5, 0.6) is 0 Å². The summed E-state index contributed by atoms with van der Waals surface area (Å²) < 4.78 is 36.3. The predicted octanol–water partition coefficient (Wildman–Crippen LogP) is 3.83. The van der Waals surface area contributed by atoms with Gasteiger partial charge >= 0.3 is 6.18 Å². The molecule has 0 bridgehead atoms. The molecule has 0 spiro atoms. The number of hydrogen-bond acceptors (Lipinski definition) is 2. The van der Waals surface area contributed by atoms with Crippen molar-refractivity contribution < 1.29 is 18.0 Å². The molecule has 2 N–H and O–H groups in total. The fraction of sp³-hybridized carbons (Fsp3) is 0.556. The van der Waals surface area contributed by atoms with Gasteiger partial charge in [-0.2, -0.15) is 13.2 Å². The highest BCUT2D eigenvalue weighted by Gasteiger charge is 2.25. The summed E-state index contributed by atoms with van der Waals surface area (Å²) in [6, 6.07) is 7.75. The number of hydrogen-bond donors (Lipinski definition) is 2. The van der Waals surface area contributed by atoms with Crippen LogP contribution in [0.3, 0.4) is 0 Å². The van der Waals surface area contributed by atoms with E-state index >= 15 is 0 Å². The van der Waals surface area contributed by atoms with Gasteiger partial charge in [-0.05, 0) is 37.0 Å². The molecule has 0 radical (unpaired) electrons. The molecule has 0 saturated carbocycles. The average Bonchev–Trinajstić information content (AvgIpc) is 3.03. The number of carbonyl (C=O) groups is 1. The first-order chi connectivity index (χ1) is 12.4. The van der Waals surface area contributed by atoms with Crippen LogP contribution in [0.15, 0.2) is 29.3 Å². The molecule has 5 nitrogen and oxygen atoms in total. The van der Waals surface area contributed by atoms with Crippen molar-refractivity contribution in [2.24, 2.45) is 4.99 Å². The van der Waals surface area contributed by atoms with Gasteiger partial charge < -0.3 is 15.5 Å². The van der Waals surface area contributed by atoms with Gasteiger partial charge in [0.15, 0.2) is 5.96 Å². The van der Waals surface area contributed by atoms with Crippen LogP contribution in [0.25, 0.3) is 0 Å². The fourth-order valence-electron chi connectivity index (χ4n) is 2.78. The largest absolute Gasteiger partial charge is 0.389 e. The van der Waals surface area contributed by atoms with Gasteiger partial charge in [-0.3, -0.25) is 9.79 Å². The summed E-state index contributed by atoms with van der Waals surface area (Å²) in [5, 5.41) is 6.13. The molecule has 0 unspecified atom stereocenters. The van der Waals surface area contributed by atoms with Crippen molar-refractivity contribution in [2.45, 2.75) is 44.8 Å². The summed E-state index contributed by atoms with van der Waals surface area (Å²) in [6.45, 7) is 1.74. The van der Waals surface area contributed by atoms with Crippen LogP contribution in [0, 0.1) is 0 Å². The van der Waals surface area contributed by atoms with Crippen LogP contribution in [0.1, 0.15) is 37.7 Å². The normalized spacial score (nSPS) is 14.9. The summed E-state index contributed by atoms with van der Waals surface area (Å²) in [7, 11) is 1.62. The number of rotatable bonds is 7. The number of guanidine groups is 1. The van der Waals surface area contributed by atoms with E-state index in [9.17, 15) is 18.0 Å². The van der Waals surface area contributed by atoms with Gasteiger partial charge in [0.2, 0.25) is 5.91 Å². The molecular formula is C18H26F3IN4O. The number of alkyl halides is 3. The lowest BCUT2D eigenvalue weighted by Crippen LogP contribution is -2.37. The first-order valence-electron chi connectivity index (χ1n) is 8.79. The van der Waals surface area contributed by atoms with Crippen LogP contribution < -0.4 is 15.5 Å². The van der Waals surface area contributed by atoms with Crippen molar-refractivity contribution in [3.8, 4) is 0 Å². The van der Waals surface area contributed by atoms with E-state index in [1.807, 2.05) is 24.3 Å². The Morgan fingerprint density at radius 1 is 1.19 bits per heavy atom. The number of unbranched alkanes of at least 4 members (excludes halogenated alkanes) is 1. The van der Waals surface area contributed by atoms with E-state index in [4.69, 9.17) is 0 Å². The quantitative estimate of drug-likeness (QED) is 0.260. The molecule has 1 aromatic carbocycles. The van der Waals surface area contributed by atoms with E-state index in [1.54, 1.807) is 11.9 Å². The number of benzene rings is 1. The lowest BCUT2D eigenvalue weighted by Gasteiger charge is -2.16. The second-order valence-corrected chi connectivity index (χ2v) is 6.24. The topological polar surface area (TPSA) is 56.7 Å². The smallest absolute Gasteiger partial charge is 0.356 e. The Bertz CT molecular complexity index is 620. The zero-order valence-corrected chi connectivity index (χ0v) is 17.6. The molecular weight excluding hydrogens is 472 g/mol. The molecule has 0 aliphatic carbocycles. The zero-order valence-electron chi connectivity index (χ0n) is 15.3. The van der Waals surface area contributed by atoms with Gasteiger partial charge in [0.25, 0.3) is 0 Å². The second kappa shape index (κ2) is 11.4. The van der Waals surface area contributed by atoms with Gasteiger partial charge in [-0.25, -0.2) is 0 Å². The van der Waals surface area contributed by atoms with Gasteiger partial charge in [-0.15, -0.1) is 24.0 Å². The number of anilines is 1. The minimum absolute atomic E-state index is 0. The van der Waals surface area contributed by atoms with E-state index in [0.717, 1.165) is 24.2 Å². The first kappa shape index (κ1) is 23.5. The molecule has 1 aromatic rings. The summed E-state index contributed by atoms with van der Waals surface area (Å²) in [5.74, 6) is 0.710. The van der Waals surface area contributed by atoms with Crippen LogP contribution in [0.2, 0.25) is 0 Å². The van der Waals surface area contributed by atoms with Crippen molar-refractivity contribution in [3.63, 3.8) is 0 Å².